The minimum atomic E-state index is -2.84. The van der Waals surface area contributed by atoms with Crippen molar-refractivity contribution in [2.45, 2.75) is 30.6 Å². The average molecular weight is 246 g/mol. The van der Waals surface area contributed by atoms with Gasteiger partial charge in [-0.05, 0) is 45.9 Å². The van der Waals surface area contributed by atoms with E-state index >= 15 is 0 Å². The second-order valence-corrected chi connectivity index (χ2v) is 7.60. The maximum Gasteiger partial charge on any atom is 0.151 e. The number of hydrogen-bond acceptors (Lipinski definition) is 4. The molecule has 2 fully saturated rings. The Morgan fingerprint density at radius 2 is 1.69 bits per heavy atom. The van der Waals surface area contributed by atoms with E-state index in [1.54, 1.807) is 0 Å². The lowest BCUT2D eigenvalue weighted by atomic mass is 10.0. The topological polar surface area (TPSA) is 40.6 Å². The third-order valence-corrected chi connectivity index (χ3v) is 5.58. The summed E-state index contributed by atoms with van der Waals surface area (Å²) in [5, 5.41) is -0.118. The first kappa shape index (κ1) is 12.3. The van der Waals surface area contributed by atoms with Crippen LogP contribution in [0.1, 0.15) is 19.3 Å². The fourth-order valence-electron chi connectivity index (χ4n) is 2.80. The summed E-state index contributed by atoms with van der Waals surface area (Å²) >= 11 is 0. The van der Waals surface area contributed by atoms with Gasteiger partial charge in [-0.15, -0.1) is 0 Å². The van der Waals surface area contributed by atoms with Gasteiger partial charge in [0.05, 0.1) is 5.25 Å². The lowest BCUT2D eigenvalue weighted by Crippen LogP contribution is -2.43. The van der Waals surface area contributed by atoms with E-state index in [2.05, 4.69) is 16.8 Å². The quantitative estimate of drug-likeness (QED) is 0.698. The molecule has 2 rings (SSSR count). The van der Waals surface area contributed by atoms with Crippen LogP contribution in [-0.2, 0) is 9.84 Å². The van der Waals surface area contributed by atoms with Gasteiger partial charge in [-0.25, -0.2) is 8.42 Å². The van der Waals surface area contributed by atoms with E-state index in [1.165, 1.54) is 19.1 Å². The molecule has 1 atom stereocenters. The summed E-state index contributed by atoms with van der Waals surface area (Å²) in [6.07, 6.45) is 4.57. The normalized spacial score (nSPS) is 31.0. The van der Waals surface area contributed by atoms with Gasteiger partial charge in [-0.2, -0.15) is 0 Å². The number of nitrogens with zero attached hydrogens (tertiary/aromatic N) is 2. The maximum absolute atomic E-state index is 11.5. The van der Waals surface area contributed by atoms with Crippen LogP contribution in [0.5, 0.6) is 0 Å². The molecule has 0 amide bonds. The van der Waals surface area contributed by atoms with E-state index < -0.39 is 9.84 Å². The zero-order valence-corrected chi connectivity index (χ0v) is 11.0. The highest BCUT2D eigenvalue weighted by atomic mass is 32.2. The van der Waals surface area contributed by atoms with E-state index in [4.69, 9.17) is 0 Å². The van der Waals surface area contributed by atoms with Gasteiger partial charge in [-0.3, -0.25) is 4.90 Å². The van der Waals surface area contributed by atoms with Crippen molar-refractivity contribution < 1.29 is 8.42 Å². The van der Waals surface area contributed by atoms with Crippen LogP contribution in [0, 0.1) is 0 Å². The minimum absolute atomic E-state index is 0.118. The Kier molecular flexibility index (Phi) is 3.56. The summed E-state index contributed by atoms with van der Waals surface area (Å²) in [5.74, 6) is 0. The molecule has 0 bridgehead atoms. The summed E-state index contributed by atoms with van der Waals surface area (Å²) in [7, 11) is -0.685. The first-order valence-electron chi connectivity index (χ1n) is 6.08. The van der Waals surface area contributed by atoms with E-state index in [9.17, 15) is 8.42 Å². The van der Waals surface area contributed by atoms with Crippen molar-refractivity contribution >= 4 is 9.84 Å². The SMILES string of the molecule is CN1CCC(N2CCC(S(C)(=O)=O)C2)CC1. The molecule has 2 saturated heterocycles. The van der Waals surface area contributed by atoms with Gasteiger partial charge >= 0.3 is 0 Å². The summed E-state index contributed by atoms with van der Waals surface area (Å²) in [6.45, 7) is 4.01. The first-order chi connectivity index (χ1) is 7.47. The minimum Gasteiger partial charge on any atom is -0.306 e. The number of rotatable bonds is 2. The van der Waals surface area contributed by atoms with Crippen LogP contribution in [0.4, 0.5) is 0 Å². The Hall–Kier alpha value is -0.130. The molecule has 94 valence electrons. The van der Waals surface area contributed by atoms with Crippen molar-refractivity contribution in [3.8, 4) is 0 Å². The summed E-state index contributed by atoms with van der Waals surface area (Å²) < 4.78 is 23.0. The molecule has 0 N–H and O–H groups in total. The first-order valence-corrected chi connectivity index (χ1v) is 8.04. The molecule has 16 heavy (non-hydrogen) atoms. The predicted octanol–water partition coefficient (Wildman–Crippen LogP) is 0.200. The average Bonchev–Trinajstić information content (AvgIpc) is 2.67. The van der Waals surface area contributed by atoms with Gasteiger partial charge in [0.25, 0.3) is 0 Å². The standard InChI is InChI=1S/C11H22N2O2S/c1-12-6-3-10(4-7-12)13-8-5-11(9-13)16(2,14)15/h10-11H,3-9H2,1-2H3. The Balaban J connectivity index is 1.89. The Bertz CT molecular complexity index is 334. The van der Waals surface area contributed by atoms with Crippen molar-refractivity contribution in [2.75, 3.05) is 39.5 Å². The Morgan fingerprint density at radius 3 is 2.19 bits per heavy atom. The summed E-state index contributed by atoms with van der Waals surface area (Å²) in [4.78, 5) is 4.74. The van der Waals surface area contributed by atoms with Crippen molar-refractivity contribution in [3.05, 3.63) is 0 Å². The molecule has 2 heterocycles. The van der Waals surface area contributed by atoms with Crippen LogP contribution in [0.25, 0.3) is 0 Å². The zero-order valence-electron chi connectivity index (χ0n) is 10.2. The highest BCUT2D eigenvalue weighted by Gasteiger charge is 2.34. The lowest BCUT2D eigenvalue weighted by molar-refractivity contribution is 0.144. The van der Waals surface area contributed by atoms with Crippen molar-refractivity contribution in [1.82, 2.24) is 9.80 Å². The molecule has 5 heteroatoms. The van der Waals surface area contributed by atoms with Gasteiger partial charge in [0.15, 0.2) is 9.84 Å². The third kappa shape index (κ3) is 2.76. The molecule has 2 aliphatic rings. The molecule has 4 nitrogen and oxygen atoms in total. The van der Waals surface area contributed by atoms with Crippen LogP contribution in [0.15, 0.2) is 0 Å². The molecule has 0 aromatic carbocycles. The molecule has 0 spiro atoms. The molecule has 0 aromatic heterocycles. The lowest BCUT2D eigenvalue weighted by Gasteiger charge is -2.35. The number of piperidine rings is 1. The van der Waals surface area contributed by atoms with E-state index in [0.29, 0.717) is 6.04 Å². The van der Waals surface area contributed by atoms with Crippen LogP contribution >= 0.6 is 0 Å². The maximum atomic E-state index is 11.5. The molecule has 0 aliphatic carbocycles. The van der Waals surface area contributed by atoms with Crippen LogP contribution in [0.3, 0.4) is 0 Å². The second-order valence-electron chi connectivity index (χ2n) is 5.27. The van der Waals surface area contributed by atoms with Gasteiger partial charge in [0.2, 0.25) is 0 Å². The highest BCUT2D eigenvalue weighted by Crippen LogP contribution is 2.23. The molecular formula is C11H22N2O2S. The zero-order chi connectivity index (χ0) is 11.8. The predicted molar refractivity (Wildman–Crippen MR) is 65.3 cm³/mol. The van der Waals surface area contributed by atoms with Crippen LogP contribution in [-0.4, -0.2) is 69.0 Å². The molecule has 0 radical (unpaired) electrons. The van der Waals surface area contributed by atoms with Gasteiger partial charge in [-0.1, -0.05) is 0 Å². The molecule has 1 unspecified atom stereocenters. The number of sulfone groups is 1. The molecule has 2 aliphatic heterocycles. The van der Waals surface area contributed by atoms with Gasteiger partial charge in [0, 0.05) is 18.8 Å². The smallest absolute Gasteiger partial charge is 0.151 e. The van der Waals surface area contributed by atoms with E-state index in [0.717, 1.165) is 32.6 Å². The largest absolute Gasteiger partial charge is 0.306 e. The second kappa shape index (κ2) is 4.63. The molecule has 0 saturated carbocycles. The highest BCUT2D eigenvalue weighted by molar-refractivity contribution is 7.91. The fraction of sp³-hybridized carbons (Fsp3) is 1.00. The number of hydrogen-bond donors (Lipinski definition) is 0. The molecular weight excluding hydrogens is 224 g/mol. The number of likely N-dealkylation sites (tertiary alicyclic amines) is 2. The summed E-state index contributed by atoms with van der Waals surface area (Å²) in [5.41, 5.74) is 0. The Morgan fingerprint density at radius 1 is 1.06 bits per heavy atom. The van der Waals surface area contributed by atoms with E-state index in [1.807, 2.05) is 0 Å². The fourth-order valence-corrected chi connectivity index (χ4v) is 3.79. The van der Waals surface area contributed by atoms with Crippen molar-refractivity contribution in [2.24, 2.45) is 0 Å². The van der Waals surface area contributed by atoms with Gasteiger partial charge < -0.3 is 4.90 Å². The monoisotopic (exact) mass is 246 g/mol. The van der Waals surface area contributed by atoms with Crippen LogP contribution in [0.2, 0.25) is 0 Å². The van der Waals surface area contributed by atoms with Crippen molar-refractivity contribution in [1.29, 1.82) is 0 Å². The molecule has 0 aromatic rings. The van der Waals surface area contributed by atoms with E-state index in [-0.39, 0.29) is 5.25 Å². The Labute approximate surface area is 98.5 Å². The third-order valence-electron chi connectivity index (χ3n) is 3.99. The van der Waals surface area contributed by atoms with Crippen LogP contribution < -0.4 is 0 Å². The van der Waals surface area contributed by atoms with Crippen molar-refractivity contribution in [3.63, 3.8) is 0 Å². The summed E-state index contributed by atoms with van der Waals surface area (Å²) in [6, 6.07) is 0.614. The van der Waals surface area contributed by atoms with Gasteiger partial charge in [0.1, 0.15) is 0 Å².